The van der Waals surface area contributed by atoms with Crippen molar-refractivity contribution < 1.29 is 9.53 Å². The van der Waals surface area contributed by atoms with Gasteiger partial charge in [0.15, 0.2) is 0 Å². The van der Waals surface area contributed by atoms with Gasteiger partial charge in [-0.2, -0.15) is 0 Å². The van der Waals surface area contributed by atoms with Crippen LogP contribution in [0.5, 0.6) is 0 Å². The van der Waals surface area contributed by atoms with Crippen molar-refractivity contribution in [2.24, 2.45) is 5.73 Å². The lowest BCUT2D eigenvalue weighted by Gasteiger charge is -2.08. The molecule has 0 aliphatic heterocycles. The fourth-order valence-electron chi connectivity index (χ4n) is 0.725. The van der Waals surface area contributed by atoms with Crippen molar-refractivity contribution >= 4 is 11.9 Å². The fraction of sp³-hybridized carbons (Fsp3) is 0.750. The molecule has 0 spiro atoms. The first kappa shape index (κ1) is 11.7. The quantitative estimate of drug-likeness (QED) is 0.338. The van der Waals surface area contributed by atoms with Crippen LogP contribution in [-0.4, -0.2) is 24.6 Å². The number of carbonyl (C=O) groups excluding carboxylic acids is 1. The van der Waals surface area contributed by atoms with Crippen LogP contribution < -0.4 is 11.1 Å². The van der Waals surface area contributed by atoms with Crippen LogP contribution in [0.15, 0.2) is 0 Å². The molecule has 1 amide bonds. The molecule has 0 aliphatic carbocycles. The van der Waals surface area contributed by atoms with E-state index in [4.69, 9.17) is 15.9 Å². The normalized spacial score (nSPS) is 9.77. The van der Waals surface area contributed by atoms with Crippen LogP contribution in [-0.2, 0) is 4.74 Å². The van der Waals surface area contributed by atoms with Crippen molar-refractivity contribution in [3.63, 3.8) is 0 Å². The van der Waals surface area contributed by atoms with Crippen LogP contribution in [0.25, 0.3) is 0 Å². The van der Waals surface area contributed by atoms with Gasteiger partial charge in [-0.25, -0.2) is 4.79 Å². The average Bonchev–Trinajstić information content (AvgIpc) is 1.96. The number of ether oxygens (including phenoxy) is 1. The van der Waals surface area contributed by atoms with E-state index in [1.54, 1.807) is 13.8 Å². The minimum atomic E-state index is -0.418. The summed E-state index contributed by atoms with van der Waals surface area (Å²) < 4.78 is 4.82. The number of alkyl carbamates (subject to hydrolysis) is 1. The Morgan fingerprint density at radius 3 is 2.69 bits per heavy atom. The highest BCUT2D eigenvalue weighted by Gasteiger charge is 2.02. The third kappa shape index (κ3) is 8.65. The highest BCUT2D eigenvalue weighted by molar-refractivity contribution is 5.76. The van der Waals surface area contributed by atoms with Gasteiger partial charge in [-0.15, -0.1) is 0 Å². The number of hydrogen-bond acceptors (Lipinski definition) is 3. The van der Waals surface area contributed by atoms with E-state index < -0.39 is 6.09 Å². The van der Waals surface area contributed by atoms with E-state index in [1.807, 2.05) is 0 Å². The molecule has 0 aliphatic rings. The number of nitrogens with one attached hydrogen (secondary N) is 2. The van der Waals surface area contributed by atoms with Gasteiger partial charge in [0.1, 0.15) is 0 Å². The maximum atomic E-state index is 10.9. The van der Waals surface area contributed by atoms with Crippen LogP contribution in [0.4, 0.5) is 4.79 Å². The summed E-state index contributed by atoms with van der Waals surface area (Å²) in [4.78, 5) is 10.9. The number of amidine groups is 1. The third-order valence-electron chi connectivity index (χ3n) is 1.23. The summed E-state index contributed by atoms with van der Waals surface area (Å²) in [6.45, 7) is 4.06. The van der Waals surface area contributed by atoms with Gasteiger partial charge >= 0.3 is 6.09 Å². The minimum Gasteiger partial charge on any atom is -0.447 e. The van der Waals surface area contributed by atoms with E-state index in [0.717, 1.165) is 0 Å². The molecular weight excluding hydrogens is 170 g/mol. The van der Waals surface area contributed by atoms with E-state index in [2.05, 4.69) is 5.32 Å². The van der Waals surface area contributed by atoms with E-state index in [0.29, 0.717) is 19.4 Å². The molecule has 0 aromatic carbocycles. The number of carbonyl (C=O) groups is 1. The molecular formula is C8H17N3O2. The topological polar surface area (TPSA) is 88.2 Å². The number of hydrogen-bond donors (Lipinski definition) is 3. The Balaban J connectivity index is 3.32. The molecule has 0 fully saturated rings. The third-order valence-corrected chi connectivity index (χ3v) is 1.23. The minimum absolute atomic E-state index is 0.104. The summed E-state index contributed by atoms with van der Waals surface area (Å²) in [5.74, 6) is 0.138. The highest BCUT2D eigenvalue weighted by atomic mass is 16.6. The maximum Gasteiger partial charge on any atom is 0.407 e. The van der Waals surface area contributed by atoms with Gasteiger partial charge in [-0.05, 0) is 20.3 Å². The van der Waals surface area contributed by atoms with Gasteiger partial charge in [0.2, 0.25) is 0 Å². The number of rotatable bonds is 5. The Morgan fingerprint density at radius 1 is 1.62 bits per heavy atom. The van der Waals surface area contributed by atoms with Gasteiger partial charge in [0.05, 0.1) is 11.9 Å². The lowest BCUT2D eigenvalue weighted by Crippen LogP contribution is -2.28. The predicted molar refractivity (Wildman–Crippen MR) is 50.8 cm³/mol. The van der Waals surface area contributed by atoms with Crippen LogP contribution in [0, 0.1) is 5.41 Å². The molecule has 0 saturated carbocycles. The molecule has 4 N–H and O–H groups in total. The van der Waals surface area contributed by atoms with Gasteiger partial charge in [0, 0.05) is 13.0 Å². The molecule has 0 unspecified atom stereocenters. The molecule has 5 nitrogen and oxygen atoms in total. The molecule has 0 aromatic heterocycles. The Hall–Kier alpha value is -1.26. The second-order valence-electron chi connectivity index (χ2n) is 3.01. The molecule has 0 radical (unpaired) electrons. The Kier molecular flexibility index (Phi) is 5.67. The van der Waals surface area contributed by atoms with Crippen molar-refractivity contribution in [1.29, 1.82) is 5.41 Å². The molecule has 76 valence electrons. The SMILES string of the molecule is CC(C)OC(=O)NCCCC(=N)N. The number of nitrogens with two attached hydrogens (primary N) is 1. The molecule has 0 rings (SSSR count). The molecule has 0 aromatic rings. The van der Waals surface area contributed by atoms with E-state index in [-0.39, 0.29) is 11.9 Å². The summed E-state index contributed by atoms with van der Waals surface area (Å²) in [6.07, 6.45) is 0.649. The van der Waals surface area contributed by atoms with Crippen LogP contribution in [0.1, 0.15) is 26.7 Å². The second-order valence-corrected chi connectivity index (χ2v) is 3.01. The van der Waals surface area contributed by atoms with E-state index >= 15 is 0 Å². The zero-order chi connectivity index (χ0) is 10.3. The first-order valence-corrected chi connectivity index (χ1v) is 4.29. The molecule has 0 bridgehead atoms. The zero-order valence-corrected chi connectivity index (χ0v) is 8.09. The molecule has 13 heavy (non-hydrogen) atoms. The van der Waals surface area contributed by atoms with Gasteiger partial charge < -0.3 is 15.8 Å². The summed E-state index contributed by atoms with van der Waals surface area (Å²) in [7, 11) is 0. The maximum absolute atomic E-state index is 10.9. The van der Waals surface area contributed by atoms with Crippen LogP contribution in [0.3, 0.4) is 0 Å². The van der Waals surface area contributed by atoms with Crippen molar-refractivity contribution in [2.75, 3.05) is 6.54 Å². The smallest absolute Gasteiger partial charge is 0.407 e. The molecule has 0 saturated heterocycles. The second kappa shape index (κ2) is 6.28. The van der Waals surface area contributed by atoms with Crippen molar-refractivity contribution in [3.8, 4) is 0 Å². The fourth-order valence-corrected chi connectivity index (χ4v) is 0.725. The molecule has 0 atom stereocenters. The first-order valence-electron chi connectivity index (χ1n) is 4.29. The predicted octanol–water partition coefficient (Wildman–Crippen LogP) is 0.837. The highest BCUT2D eigenvalue weighted by Crippen LogP contribution is 1.89. The van der Waals surface area contributed by atoms with Crippen molar-refractivity contribution in [2.45, 2.75) is 32.8 Å². The zero-order valence-electron chi connectivity index (χ0n) is 8.09. The van der Waals surface area contributed by atoms with Crippen LogP contribution in [0.2, 0.25) is 0 Å². The van der Waals surface area contributed by atoms with E-state index in [1.165, 1.54) is 0 Å². The van der Waals surface area contributed by atoms with E-state index in [9.17, 15) is 4.79 Å². The molecule has 0 heterocycles. The Bertz CT molecular complexity index is 180. The molecule has 5 heteroatoms. The lowest BCUT2D eigenvalue weighted by molar-refractivity contribution is 0.115. The van der Waals surface area contributed by atoms with Gasteiger partial charge in [-0.1, -0.05) is 0 Å². The van der Waals surface area contributed by atoms with Gasteiger partial charge in [0.25, 0.3) is 0 Å². The largest absolute Gasteiger partial charge is 0.447 e. The summed E-state index contributed by atoms with van der Waals surface area (Å²) >= 11 is 0. The summed E-state index contributed by atoms with van der Waals surface area (Å²) in [5.41, 5.74) is 5.13. The lowest BCUT2D eigenvalue weighted by atomic mass is 10.3. The van der Waals surface area contributed by atoms with Gasteiger partial charge in [-0.3, -0.25) is 5.41 Å². The Labute approximate surface area is 78.1 Å². The monoisotopic (exact) mass is 187 g/mol. The van der Waals surface area contributed by atoms with Crippen LogP contribution >= 0.6 is 0 Å². The van der Waals surface area contributed by atoms with Crippen molar-refractivity contribution in [1.82, 2.24) is 5.32 Å². The summed E-state index contributed by atoms with van der Waals surface area (Å²) in [6, 6.07) is 0. The first-order chi connectivity index (χ1) is 6.02. The van der Waals surface area contributed by atoms with Crippen molar-refractivity contribution in [3.05, 3.63) is 0 Å². The number of amides is 1. The average molecular weight is 187 g/mol. The Morgan fingerprint density at radius 2 is 2.23 bits per heavy atom. The standard InChI is InChI=1S/C8H17N3O2/c1-6(2)13-8(12)11-5-3-4-7(9)10/h6H,3-5H2,1-2H3,(H3,9,10)(H,11,12). The summed E-state index contributed by atoms with van der Waals surface area (Å²) in [5, 5.41) is 9.48.